The summed E-state index contributed by atoms with van der Waals surface area (Å²) in [6.07, 6.45) is -2.77. The molecule has 0 saturated carbocycles. The zero-order valence-corrected chi connectivity index (χ0v) is 54.3. The van der Waals surface area contributed by atoms with E-state index in [4.69, 9.17) is 24.6 Å². The predicted octanol–water partition coefficient (Wildman–Crippen LogP) is 0.252. The maximum Gasteiger partial charge on any atom is 0.329 e. The monoisotopic (exact) mass is 1270 g/mol. The summed E-state index contributed by atoms with van der Waals surface area (Å²) in [4.78, 5) is 212. The van der Waals surface area contributed by atoms with Crippen LogP contribution in [0.1, 0.15) is 127 Å². The molecule has 0 radical (unpaired) electrons. The number of carbonyl (C=O) groups excluding carboxylic acids is 13. The zero-order valence-electron chi connectivity index (χ0n) is 54.3. The van der Waals surface area contributed by atoms with Crippen molar-refractivity contribution < 1.29 is 76.2 Å². The van der Waals surface area contributed by atoms with Gasteiger partial charge in [0.25, 0.3) is 17.7 Å². The highest BCUT2D eigenvalue weighted by molar-refractivity contribution is 6.11. The average molecular weight is 1270 g/mol. The standard InChI is InChI=1S/C62H84N12O17/c1-26(2)42-59(85)73-23-17-18-35(73)57(83)69(13)24-38(76)71(15)48(28(5)6)61(87)89-32(11)44(55(81)65-42)67-53(79)34-20-19-30(9)51-46(34)64-47-40(41(63)50(78)31(10)52(47)91-51)54(80)68-45-33(12)90-62(88)49(29(7)8)72(16)39(77)25-70(14)58(84)36-21-22-37(75)74(36)60(86)43(27(3)4)66-56(45)82/h19-20,26-29,32-33,35-36,42-45,48-49H,17-18,21-25,63H2,1-16H3,(H,65,81)(H,66,82)(H,67,79)(H,68,80). The summed E-state index contributed by atoms with van der Waals surface area (Å²) in [5, 5.41) is 10.5. The summed E-state index contributed by atoms with van der Waals surface area (Å²) in [6, 6.07) is -8.75. The lowest BCUT2D eigenvalue weighted by Crippen LogP contribution is -2.62. The first kappa shape index (κ1) is 69.4. The molecule has 10 atom stereocenters. The Hall–Kier alpha value is -9.05. The number of aryl methyl sites for hydroxylation is 1. The number of esters is 2. The van der Waals surface area contributed by atoms with Crippen molar-refractivity contribution in [1.82, 2.24) is 55.7 Å². The Morgan fingerprint density at radius 1 is 0.626 bits per heavy atom. The molecule has 10 unspecified atom stereocenters. The summed E-state index contributed by atoms with van der Waals surface area (Å²) in [5.74, 6) is -14.3. The van der Waals surface area contributed by atoms with Gasteiger partial charge in [0.1, 0.15) is 71.8 Å². The van der Waals surface area contributed by atoms with E-state index in [0.29, 0.717) is 12.0 Å². The third-order valence-corrected chi connectivity index (χ3v) is 17.4. The number of nitrogen functional groups attached to an aromatic ring is 1. The van der Waals surface area contributed by atoms with Crippen LogP contribution in [-0.4, -0.2) is 220 Å². The molecule has 4 saturated heterocycles. The minimum Gasteiger partial charge on any atom is -0.458 e. The Morgan fingerprint density at radius 2 is 1.11 bits per heavy atom. The summed E-state index contributed by atoms with van der Waals surface area (Å²) in [6.45, 7) is 17.6. The molecule has 1 aromatic carbocycles. The lowest BCUT2D eigenvalue weighted by molar-refractivity contribution is -0.163. The Kier molecular flexibility index (Phi) is 21.0. The van der Waals surface area contributed by atoms with Crippen LogP contribution in [0.2, 0.25) is 0 Å². The van der Waals surface area contributed by atoms with E-state index in [-0.39, 0.29) is 53.8 Å². The number of carbonyl (C=O) groups is 13. The Bertz CT molecular complexity index is 3510. The van der Waals surface area contributed by atoms with Crippen LogP contribution < -0.4 is 32.4 Å². The molecule has 1 aromatic rings. The van der Waals surface area contributed by atoms with Gasteiger partial charge in [-0.2, -0.15) is 0 Å². The number of ether oxygens (including phenoxy) is 2. The highest BCUT2D eigenvalue weighted by Gasteiger charge is 2.48. The second kappa shape index (κ2) is 27.6. The number of anilines is 1. The second-order valence-corrected chi connectivity index (χ2v) is 25.5. The Morgan fingerprint density at radius 3 is 1.60 bits per heavy atom. The van der Waals surface area contributed by atoms with Gasteiger partial charge in [0, 0.05) is 46.7 Å². The van der Waals surface area contributed by atoms with E-state index in [1.165, 1.54) is 70.9 Å². The number of nitrogens with one attached hydrogen (secondary N) is 4. The quantitative estimate of drug-likeness (QED) is 0.0873. The number of nitrogens with two attached hydrogens (primary N) is 1. The SMILES string of the molecule is Cc1c2oc3c(C)ccc(C(=O)NC4C(=O)NC(C(C)C)C(=O)N5CCCC5C(=O)N(C)CC(=O)N(C)C(C(C)C)C(=O)OC4C)c3nc-2c(C(=O)NC2C(=O)NC(C(C)C)C(=O)N3C(=O)CCC3C(=O)N(C)CC(=O)N(C)C(C(C)C)C(=O)OC2C)c(N)c1=O. The molecule has 0 spiro atoms. The van der Waals surface area contributed by atoms with E-state index in [0.717, 1.165) is 19.6 Å². The van der Waals surface area contributed by atoms with Crippen LogP contribution in [0.3, 0.4) is 0 Å². The fourth-order valence-corrected chi connectivity index (χ4v) is 12.2. The van der Waals surface area contributed by atoms with Crippen molar-refractivity contribution in [3.63, 3.8) is 0 Å². The maximum absolute atomic E-state index is 15.2. The van der Waals surface area contributed by atoms with E-state index >= 15 is 9.59 Å². The normalized spacial score (nSPS) is 26.1. The van der Waals surface area contributed by atoms with Crippen LogP contribution in [0.5, 0.6) is 0 Å². The number of hydrogen-bond acceptors (Lipinski definition) is 19. The molecular weight excluding hydrogens is 1180 g/mol. The molecule has 1 aliphatic carbocycles. The van der Waals surface area contributed by atoms with Gasteiger partial charge in [-0.25, -0.2) is 14.6 Å². The van der Waals surface area contributed by atoms with Gasteiger partial charge < -0.3 is 65.4 Å². The second-order valence-electron chi connectivity index (χ2n) is 25.5. The molecular formula is C62H84N12O17. The molecule has 4 fully saturated rings. The van der Waals surface area contributed by atoms with Gasteiger partial charge in [-0.3, -0.25) is 62.4 Å². The van der Waals surface area contributed by atoms with Gasteiger partial charge in [0.05, 0.1) is 29.9 Å². The fraction of sp³-hybridized carbons (Fsp3) is 0.597. The summed E-state index contributed by atoms with van der Waals surface area (Å²) < 4.78 is 18.2. The van der Waals surface area contributed by atoms with Gasteiger partial charge in [0.2, 0.25) is 52.7 Å². The first-order valence-electron chi connectivity index (χ1n) is 30.5. The summed E-state index contributed by atoms with van der Waals surface area (Å²) >= 11 is 0. The lowest BCUT2D eigenvalue weighted by atomic mass is 9.98. The number of imide groups is 1. The molecule has 494 valence electrons. The third-order valence-electron chi connectivity index (χ3n) is 17.4. The number of nitrogens with zero attached hydrogens (tertiary/aromatic N) is 7. The highest BCUT2D eigenvalue weighted by Crippen LogP contribution is 2.35. The van der Waals surface area contributed by atoms with Crippen molar-refractivity contribution in [1.29, 1.82) is 0 Å². The Labute approximate surface area is 526 Å². The number of hydrogen-bond donors (Lipinski definition) is 5. The topological polar surface area (TPSA) is 377 Å². The predicted molar refractivity (Wildman–Crippen MR) is 326 cm³/mol. The molecule has 91 heavy (non-hydrogen) atoms. The first-order chi connectivity index (χ1) is 42.5. The number of likely N-dealkylation sites (N-methyl/N-ethyl adjacent to an activating group) is 4. The largest absolute Gasteiger partial charge is 0.458 e. The molecule has 7 rings (SSSR count). The molecule has 29 heteroatoms. The van der Waals surface area contributed by atoms with Crippen molar-refractivity contribution in [2.75, 3.05) is 53.6 Å². The molecule has 5 heterocycles. The van der Waals surface area contributed by atoms with E-state index < -0.39 is 197 Å². The molecule has 6 aliphatic rings. The van der Waals surface area contributed by atoms with Crippen molar-refractivity contribution in [3.05, 3.63) is 44.6 Å². The van der Waals surface area contributed by atoms with Crippen LogP contribution in [0, 0.1) is 37.5 Å². The highest BCUT2D eigenvalue weighted by atomic mass is 16.6. The smallest absolute Gasteiger partial charge is 0.329 e. The van der Waals surface area contributed by atoms with E-state index in [1.54, 1.807) is 62.3 Å². The van der Waals surface area contributed by atoms with Gasteiger partial charge in [-0.1, -0.05) is 61.5 Å². The summed E-state index contributed by atoms with van der Waals surface area (Å²) in [7, 11) is 5.41. The number of benzene rings is 2. The number of cyclic esters (lactones) is 2. The van der Waals surface area contributed by atoms with Crippen LogP contribution in [0.25, 0.3) is 22.6 Å². The molecule has 0 bridgehead atoms. The zero-order chi connectivity index (χ0) is 67.8. The maximum atomic E-state index is 15.2. The molecule has 29 nitrogen and oxygen atoms in total. The number of fused-ring (bicyclic) bond motifs is 4. The fourth-order valence-electron chi connectivity index (χ4n) is 12.2. The molecule has 5 aliphatic heterocycles. The molecule has 0 aromatic heterocycles. The van der Waals surface area contributed by atoms with Gasteiger partial charge >= 0.3 is 11.9 Å². The number of aromatic nitrogens is 1. The third kappa shape index (κ3) is 13.8. The van der Waals surface area contributed by atoms with Crippen LogP contribution in [-0.2, 0) is 62.2 Å². The summed E-state index contributed by atoms with van der Waals surface area (Å²) in [5.41, 5.74) is 3.27. The lowest BCUT2D eigenvalue weighted by Gasteiger charge is -2.36. The van der Waals surface area contributed by atoms with Crippen molar-refractivity contribution in [3.8, 4) is 11.5 Å². The van der Waals surface area contributed by atoms with Crippen LogP contribution in [0.4, 0.5) is 5.69 Å². The van der Waals surface area contributed by atoms with Crippen LogP contribution in [0.15, 0.2) is 21.3 Å². The Balaban J connectivity index is 1.33. The van der Waals surface area contributed by atoms with Crippen molar-refractivity contribution in [2.24, 2.45) is 23.7 Å². The van der Waals surface area contributed by atoms with Crippen molar-refractivity contribution in [2.45, 2.75) is 169 Å². The van der Waals surface area contributed by atoms with E-state index in [2.05, 4.69) is 21.3 Å². The van der Waals surface area contributed by atoms with Crippen LogP contribution >= 0.6 is 0 Å². The van der Waals surface area contributed by atoms with E-state index in [1.807, 2.05) is 0 Å². The molecule has 6 N–H and O–H groups in total. The first-order valence-corrected chi connectivity index (χ1v) is 30.5. The average Bonchev–Trinajstić information content (AvgIpc) is 1.41. The molecule has 11 amide bonds. The van der Waals surface area contributed by atoms with Gasteiger partial charge in [-0.15, -0.1) is 0 Å². The minimum absolute atomic E-state index is 0.0937. The number of amides is 11. The van der Waals surface area contributed by atoms with Crippen molar-refractivity contribution >= 4 is 93.7 Å². The van der Waals surface area contributed by atoms with Gasteiger partial charge in [0.15, 0.2) is 11.3 Å². The number of rotatable bonds is 8. The van der Waals surface area contributed by atoms with E-state index in [9.17, 15) is 57.5 Å². The minimum atomic E-state index is -1.98. The van der Waals surface area contributed by atoms with Gasteiger partial charge in [-0.05, 0) is 82.3 Å².